The number of nitro groups is 1. The van der Waals surface area contributed by atoms with Gasteiger partial charge in [0.2, 0.25) is 11.6 Å². The minimum Gasteiger partial charge on any atom is -0.479 e. The van der Waals surface area contributed by atoms with E-state index < -0.39 is 41.5 Å². The molecule has 1 aromatic rings. The van der Waals surface area contributed by atoms with Crippen molar-refractivity contribution in [3.8, 4) is 0 Å². The Morgan fingerprint density at radius 1 is 1.44 bits per heavy atom. The second-order valence-corrected chi connectivity index (χ2v) is 5.78. The summed E-state index contributed by atoms with van der Waals surface area (Å²) < 4.78 is 13.9. The topological polar surface area (TPSA) is 130 Å². The Labute approximate surface area is 141 Å². The van der Waals surface area contributed by atoms with Crippen molar-refractivity contribution in [1.82, 2.24) is 10.2 Å². The van der Waals surface area contributed by atoms with Crippen LogP contribution in [0.25, 0.3) is 0 Å². The van der Waals surface area contributed by atoms with Crippen LogP contribution in [0.3, 0.4) is 0 Å². The molecule has 134 valence electrons. The first-order valence-corrected chi connectivity index (χ1v) is 7.37. The quantitative estimate of drug-likeness (QED) is 0.591. The number of rotatable bonds is 5. The van der Waals surface area contributed by atoms with E-state index in [2.05, 4.69) is 5.32 Å². The molecule has 0 bridgehead atoms. The van der Waals surface area contributed by atoms with Crippen LogP contribution in [-0.2, 0) is 9.59 Å². The van der Waals surface area contributed by atoms with Crippen LogP contribution >= 0.6 is 0 Å². The molecular formula is C15H16FN3O6. The van der Waals surface area contributed by atoms with E-state index in [1.165, 1.54) is 25.1 Å². The Bertz CT molecular complexity index is 753. The van der Waals surface area contributed by atoms with Crippen molar-refractivity contribution >= 4 is 23.5 Å². The van der Waals surface area contributed by atoms with Crippen LogP contribution in [0.15, 0.2) is 18.2 Å². The average Bonchev–Trinajstić information content (AvgIpc) is 2.95. The summed E-state index contributed by atoms with van der Waals surface area (Å²) in [4.78, 5) is 46.0. The predicted octanol–water partition coefficient (Wildman–Crippen LogP) is 0.658. The fraction of sp³-hybridized carbons (Fsp3) is 0.400. The van der Waals surface area contributed by atoms with Crippen molar-refractivity contribution in [2.45, 2.75) is 19.0 Å². The SMILES string of the molecule is Cc1cc(C(=O)NCC(=O)N2CCC(F)(C(=O)O)C2)ccc1[N+](=O)[O-]. The molecule has 0 aliphatic carbocycles. The third-order valence-electron chi connectivity index (χ3n) is 4.01. The van der Waals surface area contributed by atoms with Gasteiger partial charge < -0.3 is 15.3 Å². The van der Waals surface area contributed by atoms with Gasteiger partial charge in [-0.2, -0.15) is 0 Å². The van der Waals surface area contributed by atoms with Crippen LogP contribution in [0, 0.1) is 17.0 Å². The molecule has 0 aromatic heterocycles. The van der Waals surface area contributed by atoms with Crippen LogP contribution in [0.2, 0.25) is 0 Å². The maximum atomic E-state index is 13.9. The first kappa shape index (κ1) is 18.3. The minimum atomic E-state index is -2.46. The zero-order valence-electron chi connectivity index (χ0n) is 13.3. The van der Waals surface area contributed by atoms with Crippen LogP contribution in [0.4, 0.5) is 10.1 Å². The zero-order chi connectivity index (χ0) is 18.8. The van der Waals surface area contributed by atoms with Gasteiger partial charge >= 0.3 is 5.97 Å². The highest BCUT2D eigenvalue weighted by molar-refractivity contribution is 5.97. The van der Waals surface area contributed by atoms with Gasteiger partial charge in [-0.1, -0.05) is 0 Å². The number of halogens is 1. The first-order chi connectivity index (χ1) is 11.6. The number of aliphatic carboxylic acids is 1. The number of hydrogen-bond donors (Lipinski definition) is 2. The van der Waals surface area contributed by atoms with Crippen LogP contribution in [0.1, 0.15) is 22.3 Å². The minimum absolute atomic E-state index is 0.0475. The predicted molar refractivity (Wildman–Crippen MR) is 82.8 cm³/mol. The van der Waals surface area contributed by atoms with Gasteiger partial charge in [0.1, 0.15) is 0 Å². The van der Waals surface area contributed by atoms with Gasteiger partial charge in [0.15, 0.2) is 0 Å². The van der Waals surface area contributed by atoms with Crippen LogP contribution in [0.5, 0.6) is 0 Å². The third-order valence-corrected chi connectivity index (χ3v) is 4.01. The Morgan fingerprint density at radius 2 is 2.12 bits per heavy atom. The molecule has 0 spiro atoms. The number of carboxylic acid groups (broad SMARTS) is 1. The highest BCUT2D eigenvalue weighted by atomic mass is 19.1. The van der Waals surface area contributed by atoms with Crippen molar-refractivity contribution in [1.29, 1.82) is 0 Å². The molecule has 10 heteroatoms. The van der Waals surface area contributed by atoms with Gasteiger partial charge in [0.25, 0.3) is 11.6 Å². The molecule has 1 aliphatic rings. The molecule has 9 nitrogen and oxygen atoms in total. The highest BCUT2D eigenvalue weighted by Gasteiger charge is 2.46. The summed E-state index contributed by atoms with van der Waals surface area (Å²) in [5.74, 6) is -2.84. The molecule has 0 radical (unpaired) electrons. The number of carbonyl (C=O) groups excluding carboxylic acids is 2. The van der Waals surface area contributed by atoms with E-state index in [4.69, 9.17) is 5.11 Å². The summed E-state index contributed by atoms with van der Waals surface area (Å²) in [7, 11) is 0. The number of nitro benzene ring substituents is 1. The summed E-state index contributed by atoms with van der Waals surface area (Å²) >= 11 is 0. The van der Waals surface area contributed by atoms with Gasteiger partial charge in [0, 0.05) is 30.2 Å². The maximum Gasteiger partial charge on any atom is 0.343 e. The van der Waals surface area contributed by atoms with Crippen molar-refractivity contribution < 1.29 is 28.8 Å². The average molecular weight is 353 g/mol. The molecule has 1 atom stereocenters. The number of nitrogens with zero attached hydrogens (tertiary/aromatic N) is 2. The molecule has 1 unspecified atom stereocenters. The Hall–Kier alpha value is -3.04. The summed E-state index contributed by atoms with van der Waals surface area (Å²) in [5.41, 5.74) is -2.15. The van der Waals surface area contributed by atoms with Crippen molar-refractivity contribution in [2.75, 3.05) is 19.6 Å². The number of aryl methyl sites for hydroxylation is 1. The van der Waals surface area contributed by atoms with Crippen molar-refractivity contribution in [2.24, 2.45) is 0 Å². The van der Waals surface area contributed by atoms with E-state index in [1.54, 1.807) is 0 Å². The number of likely N-dealkylation sites (tertiary alicyclic amines) is 1. The molecule has 25 heavy (non-hydrogen) atoms. The van der Waals surface area contributed by atoms with Crippen LogP contribution in [-0.4, -0.2) is 58.0 Å². The standard InChI is InChI=1S/C15H16FN3O6/c1-9-6-10(2-3-11(9)19(24)25)13(21)17-7-12(20)18-5-4-15(16,8-18)14(22)23/h2-3,6H,4-5,7-8H2,1H3,(H,17,21)(H,22,23). The lowest BCUT2D eigenvalue weighted by Gasteiger charge is -2.18. The monoisotopic (exact) mass is 353 g/mol. The van der Waals surface area contributed by atoms with E-state index in [9.17, 15) is 28.9 Å². The number of alkyl halides is 1. The van der Waals surface area contributed by atoms with E-state index in [0.717, 1.165) is 4.90 Å². The third kappa shape index (κ3) is 3.90. The zero-order valence-corrected chi connectivity index (χ0v) is 13.3. The summed E-state index contributed by atoms with van der Waals surface area (Å²) in [5, 5.41) is 21.9. The van der Waals surface area contributed by atoms with Gasteiger partial charge in [-0.15, -0.1) is 0 Å². The van der Waals surface area contributed by atoms with Gasteiger partial charge in [-0.05, 0) is 19.1 Å². The Morgan fingerprint density at radius 3 is 2.64 bits per heavy atom. The molecule has 1 heterocycles. The highest BCUT2D eigenvalue weighted by Crippen LogP contribution is 2.25. The largest absolute Gasteiger partial charge is 0.479 e. The molecule has 1 saturated heterocycles. The lowest BCUT2D eigenvalue weighted by atomic mass is 10.1. The van der Waals surface area contributed by atoms with E-state index in [1.807, 2.05) is 0 Å². The molecule has 0 saturated carbocycles. The second-order valence-electron chi connectivity index (χ2n) is 5.78. The fourth-order valence-corrected chi connectivity index (χ4v) is 2.53. The molecule has 1 aliphatic heterocycles. The second kappa shape index (κ2) is 6.83. The normalized spacial score (nSPS) is 19.5. The summed E-state index contributed by atoms with van der Waals surface area (Å²) in [6.07, 6.45) is -0.302. The van der Waals surface area contributed by atoms with Gasteiger partial charge in [0.05, 0.1) is 18.0 Å². The van der Waals surface area contributed by atoms with Crippen molar-refractivity contribution in [3.63, 3.8) is 0 Å². The number of carbonyl (C=O) groups is 3. The van der Waals surface area contributed by atoms with Crippen LogP contribution < -0.4 is 5.32 Å². The van der Waals surface area contributed by atoms with E-state index in [-0.39, 0.29) is 24.2 Å². The molecule has 1 aromatic carbocycles. The maximum absolute atomic E-state index is 13.9. The van der Waals surface area contributed by atoms with Gasteiger partial charge in [-0.3, -0.25) is 19.7 Å². The van der Waals surface area contributed by atoms with E-state index in [0.29, 0.717) is 5.56 Å². The molecule has 2 N–H and O–H groups in total. The Kier molecular flexibility index (Phi) is 5.00. The number of benzene rings is 1. The Balaban J connectivity index is 1.94. The van der Waals surface area contributed by atoms with E-state index >= 15 is 0 Å². The number of carboxylic acids is 1. The molecular weight excluding hydrogens is 337 g/mol. The van der Waals surface area contributed by atoms with Crippen molar-refractivity contribution in [3.05, 3.63) is 39.4 Å². The lowest BCUT2D eigenvalue weighted by Crippen LogP contribution is -2.42. The number of hydrogen-bond acceptors (Lipinski definition) is 5. The summed E-state index contributed by atoms with van der Waals surface area (Å²) in [6, 6.07) is 3.78. The molecule has 1 fully saturated rings. The van der Waals surface area contributed by atoms with Gasteiger partial charge in [-0.25, -0.2) is 9.18 Å². The molecule has 2 amide bonds. The number of amides is 2. The number of nitrogens with one attached hydrogen (secondary N) is 1. The smallest absolute Gasteiger partial charge is 0.343 e. The first-order valence-electron chi connectivity index (χ1n) is 7.37. The lowest BCUT2D eigenvalue weighted by molar-refractivity contribution is -0.385. The summed E-state index contributed by atoms with van der Waals surface area (Å²) in [6.45, 7) is 0.448. The molecule has 2 rings (SSSR count). The fourth-order valence-electron chi connectivity index (χ4n) is 2.53.